The molecule has 0 bridgehead atoms. The van der Waals surface area contributed by atoms with Gasteiger partial charge < -0.3 is 10.1 Å². The van der Waals surface area contributed by atoms with E-state index in [0.717, 1.165) is 17.7 Å². The van der Waals surface area contributed by atoms with Crippen LogP contribution < -0.4 is 10.1 Å². The summed E-state index contributed by atoms with van der Waals surface area (Å²) >= 11 is 0. The van der Waals surface area contributed by atoms with E-state index in [4.69, 9.17) is 4.74 Å². The summed E-state index contributed by atoms with van der Waals surface area (Å²) in [6, 6.07) is 7.98. The van der Waals surface area contributed by atoms with Crippen molar-refractivity contribution in [1.29, 1.82) is 0 Å². The molecule has 3 nitrogen and oxygen atoms in total. The molecule has 1 aliphatic heterocycles. The minimum absolute atomic E-state index is 0.0232. The second-order valence-electron chi connectivity index (χ2n) is 4.39. The molecule has 1 aliphatic rings. The quantitative estimate of drug-likeness (QED) is 0.828. The van der Waals surface area contributed by atoms with Crippen molar-refractivity contribution in [3.63, 3.8) is 0 Å². The highest BCUT2D eigenvalue weighted by atomic mass is 16.5. The third kappa shape index (κ3) is 2.18. The minimum atomic E-state index is 0.0232. The minimum Gasteiger partial charge on any atom is -0.493 e. The first kappa shape index (κ1) is 11.0. The number of para-hydroxylation sites is 1. The molecular weight excluding hydrogens is 202 g/mol. The number of benzene rings is 1. The van der Waals surface area contributed by atoms with E-state index in [2.05, 4.69) is 5.32 Å². The summed E-state index contributed by atoms with van der Waals surface area (Å²) in [6.07, 6.45) is 0.843. The molecule has 1 aromatic rings. The summed E-state index contributed by atoms with van der Waals surface area (Å²) < 4.78 is 5.54. The zero-order valence-corrected chi connectivity index (χ0v) is 9.69. The fourth-order valence-corrected chi connectivity index (χ4v) is 1.83. The van der Waals surface area contributed by atoms with E-state index in [-0.39, 0.29) is 17.9 Å². The van der Waals surface area contributed by atoms with Gasteiger partial charge in [0.05, 0.1) is 12.6 Å². The van der Waals surface area contributed by atoms with Crippen LogP contribution in [0.15, 0.2) is 24.3 Å². The molecule has 1 heterocycles. The molecule has 1 N–H and O–H groups in total. The van der Waals surface area contributed by atoms with E-state index in [9.17, 15) is 4.79 Å². The average Bonchev–Trinajstić information content (AvgIpc) is 2.29. The number of nitrogens with one attached hydrogen (secondary N) is 1. The Bertz CT molecular complexity index is 387. The smallest absolute Gasteiger partial charge is 0.223 e. The third-order valence-corrected chi connectivity index (χ3v) is 2.80. The molecule has 86 valence electrons. The van der Waals surface area contributed by atoms with E-state index in [1.165, 1.54) is 0 Å². The Kier molecular flexibility index (Phi) is 3.13. The van der Waals surface area contributed by atoms with E-state index >= 15 is 0 Å². The van der Waals surface area contributed by atoms with Gasteiger partial charge >= 0.3 is 0 Å². The Morgan fingerprint density at radius 2 is 2.19 bits per heavy atom. The number of hydrogen-bond donors (Lipinski definition) is 1. The monoisotopic (exact) mass is 219 g/mol. The van der Waals surface area contributed by atoms with Crippen molar-refractivity contribution in [3.8, 4) is 5.75 Å². The molecule has 0 spiro atoms. The van der Waals surface area contributed by atoms with Gasteiger partial charge in [-0.25, -0.2) is 0 Å². The Balaban J connectivity index is 2.16. The standard InChI is InChI=1S/C13H17NO2/c1-9(2)13(15)14-11-7-8-16-12-6-4-3-5-10(11)12/h3-6,9,11H,7-8H2,1-2H3,(H,14,15). The number of rotatable bonds is 2. The summed E-state index contributed by atoms with van der Waals surface area (Å²) in [5, 5.41) is 3.06. The van der Waals surface area contributed by atoms with Gasteiger partial charge in [0, 0.05) is 17.9 Å². The summed E-state index contributed by atoms with van der Waals surface area (Å²) in [7, 11) is 0. The Morgan fingerprint density at radius 3 is 2.94 bits per heavy atom. The second kappa shape index (κ2) is 4.56. The lowest BCUT2D eigenvalue weighted by Gasteiger charge is -2.27. The Hall–Kier alpha value is -1.51. The van der Waals surface area contributed by atoms with Crippen LogP contribution in [0, 0.1) is 5.92 Å². The highest BCUT2D eigenvalue weighted by molar-refractivity contribution is 5.78. The number of hydrogen-bond acceptors (Lipinski definition) is 2. The lowest BCUT2D eigenvalue weighted by atomic mass is 10.00. The Labute approximate surface area is 95.8 Å². The summed E-state index contributed by atoms with van der Waals surface area (Å²) in [6.45, 7) is 4.47. The van der Waals surface area contributed by atoms with E-state index in [1.54, 1.807) is 0 Å². The third-order valence-electron chi connectivity index (χ3n) is 2.80. The molecule has 2 rings (SSSR count). The molecule has 1 aromatic carbocycles. The van der Waals surface area contributed by atoms with Crippen LogP contribution >= 0.6 is 0 Å². The lowest BCUT2D eigenvalue weighted by molar-refractivity contribution is -0.124. The molecule has 3 heteroatoms. The molecule has 0 aliphatic carbocycles. The maximum Gasteiger partial charge on any atom is 0.223 e. The number of amides is 1. The highest BCUT2D eigenvalue weighted by Crippen LogP contribution is 2.31. The normalized spacial score (nSPS) is 18.8. The Morgan fingerprint density at radius 1 is 1.44 bits per heavy atom. The SMILES string of the molecule is CC(C)C(=O)NC1CCOc2ccccc21. The number of fused-ring (bicyclic) bond motifs is 1. The molecular formula is C13H17NO2. The van der Waals surface area contributed by atoms with Crippen LogP contribution in [0.3, 0.4) is 0 Å². The van der Waals surface area contributed by atoms with Crippen LogP contribution in [-0.4, -0.2) is 12.5 Å². The molecule has 0 radical (unpaired) electrons. The first-order valence-corrected chi connectivity index (χ1v) is 5.70. The summed E-state index contributed by atoms with van der Waals surface area (Å²) in [5.74, 6) is 1.01. The fraction of sp³-hybridized carbons (Fsp3) is 0.462. The van der Waals surface area contributed by atoms with E-state index in [0.29, 0.717) is 6.61 Å². The lowest BCUT2D eigenvalue weighted by Crippen LogP contribution is -2.34. The van der Waals surface area contributed by atoms with Crippen molar-refractivity contribution < 1.29 is 9.53 Å². The van der Waals surface area contributed by atoms with Gasteiger partial charge in [0.2, 0.25) is 5.91 Å². The van der Waals surface area contributed by atoms with Gasteiger partial charge in [0.1, 0.15) is 5.75 Å². The molecule has 1 amide bonds. The van der Waals surface area contributed by atoms with Crippen molar-refractivity contribution in [2.45, 2.75) is 26.3 Å². The van der Waals surface area contributed by atoms with E-state index in [1.807, 2.05) is 38.1 Å². The van der Waals surface area contributed by atoms with E-state index < -0.39 is 0 Å². The fourth-order valence-electron chi connectivity index (χ4n) is 1.83. The zero-order chi connectivity index (χ0) is 11.5. The maximum atomic E-state index is 11.7. The molecule has 16 heavy (non-hydrogen) atoms. The van der Waals surface area contributed by atoms with Gasteiger partial charge in [-0.05, 0) is 6.07 Å². The van der Waals surface area contributed by atoms with Crippen LogP contribution in [-0.2, 0) is 4.79 Å². The van der Waals surface area contributed by atoms with Crippen LogP contribution in [0.1, 0.15) is 31.9 Å². The average molecular weight is 219 g/mol. The first-order valence-electron chi connectivity index (χ1n) is 5.70. The van der Waals surface area contributed by atoms with Crippen molar-refractivity contribution in [3.05, 3.63) is 29.8 Å². The summed E-state index contributed by atoms with van der Waals surface area (Å²) in [5.41, 5.74) is 1.09. The van der Waals surface area contributed by atoms with Crippen molar-refractivity contribution in [2.75, 3.05) is 6.61 Å². The number of carbonyl (C=O) groups excluding carboxylic acids is 1. The predicted octanol–water partition coefficient (Wildman–Crippen LogP) is 2.28. The predicted molar refractivity (Wildman–Crippen MR) is 62.3 cm³/mol. The maximum absolute atomic E-state index is 11.7. The van der Waals surface area contributed by atoms with Gasteiger partial charge in [0.15, 0.2) is 0 Å². The highest BCUT2D eigenvalue weighted by Gasteiger charge is 2.23. The van der Waals surface area contributed by atoms with Gasteiger partial charge in [0.25, 0.3) is 0 Å². The summed E-state index contributed by atoms with van der Waals surface area (Å²) in [4.78, 5) is 11.7. The molecule has 0 saturated heterocycles. The number of carbonyl (C=O) groups is 1. The van der Waals surface area contributed by atoms with Crippen molar-refractivity contribution in [1.82, 2.24) is 5.32 Å². The molecule has 1 unspecified atom stereocenters. The molecule has 0 fully saturated rings. The van der Waals surface area contributed by atoms with Gasteiger partial charge in [-0.2, -0.15) is 0 Å². The van der Waals surface area contributed by atoms with Gasteiger partial charge in [-0.3, -0.25) is 4.79 Å². The second-order valence-corrected chi connectivity index (χ2v) is 4.39. The van der Waals surface area contributed by atoms with Crippen LogP contribution in [0.5, 0.6) is 5.75 Å². The molecule has 1 atom stereocenters. The molecule has 0 saturated carbocycles. The van der Waals surface area contributed by atoms with Crippen LogP contribution in [0.4, 0.5) is 0 Å². The zero-order valence-electron chi connectivity index (χ0n) is 9.69. The number of ether oxygens (including phenoxy) is 1. The largest absolute Gasteiger partial charge is 0.493 e. The van der Waals surface area contributed by atoms with Crippen molar-refractivity contribution in [2.24, 2.45) is 5.92 Å². The first-order chi connectivity index (χ1) is 7.68. The van der Waals surface area contributed by atoms with Gasteiger partial charge in [-0.1, -0.05) is 32.0 Å². The molecule has 0 aromatic heterocycles. The van der Waals surface area contributed by atoms with Crippen LogP contribution in [0.25, 0.3) is 0 Å². The topological polar surface area (TPSA) is 38.3 Å². The van der Waals surface area contributed by atoms with Crippen molar-refractivity contribution >= 4 is 5.91 Å². The van der Waals surface area contributed by atoms with Crippen LogP contribution in [0.2, 0.25) is 0 Å². The van der Waals surface area contributed by atoms with Gasteiger partial charge in [-0.15, -0.1) is 0 Å².